The van der Waals surface area contributed by atoms with Crippen molar-refractivity contribution in [3.05, 3.63) is 60.2 Å². The van der Waals surface area contributed by atoms with Crippen molar-refractivity contribution in [2.45, 2.75) is 24.3 Å². The third kappa shape index (κ3) is 3.80. The summed E-state index contributed by atoms with van der Waals surface area (Å²) in [7, 11) is 0. The van der Waals surface area contributed by atoms with Crippen molar-refractivity contribution in [3.63, 3.8) is 0 Å². The Morgan fingerprint density at radius 1 is 1.17 bits per heavy atom. The fourth-order valence-electron chi connectivity index (χ4n) is 2.28. The molecule has 24 heavy (non-hydrogen) atoms. The Kier molecular flexibility index (Phi) is 4.90. The lowest BCUT2D eigenvalue weighted by atomic mass is 10.2. The van der Waals surface area contributed by atoms with Crippen LogP contribution < -0.4 is 5.32 Å². The molecule has 7 heteroatoms. The fourth-order valence-corrected chi connectivity index (χ4v) is 3.22. The zero-order valence-corrected chi connectivity index (χ0v) is 14.2. The van der Waals surface area contributed by atoms with Gasteiger partial charge in [-0.25, -0.2) is 0 Å². The first-order valence-electron chi connectivity index (χ1n) is 7.51. The van der Waals surface area contributed by atoms with Gasteiger partial charge >= 0.3 is 0 Å². The predicted octanol–water partition coefficient (Wildman–Crippen LogP) is 3.47. The molecule has 0 aliphatic carbocycles. The third-order valence-electron chi connectivity index (χ3n) is 3.40. The lowest BCUT2D eigenvalue weighted by Crippen LogP contribution is -2.07. The zero-order chi connectivity index (χ0) is 16.9. The molecule has 2 aromatic carbocycles. The second-order valence-corrected chi connectivity index (χ2v) is 6.58. The van der Waals surface area contributed by atoms with Crippen LogP contribution in [0.1, 0.15) is 24.7 Å². The van der Waals surface area contributed by atoms with Crippen LogP contribution in [0.15, 0.2) is 59.8 Å². The molecule has 0 aliphatic rings. The molecule has 0 bridgehead atoms. The van der Waals surface area contributed by atoms with Gasteiger partial charge in [0.1, 0.15) is 0 Å². The smallest absolute Gasteiger partial charge is 0.221 e. The zero-order valence-electron chi connectivity index (χ0n) is 13.4. The number of rotatable bonds is 5. The van der Waals surface area contributed by atoms with Crippen molar-refractivity contribution >= 4 is 23.4 Å². The molecule has 1 N–H and O–H groups in total. The molecule has 1 amide bonds. The van der Waals surface area contributed by atoms with Crippen LogP contribution in [0.4, 0.5) is 5.69 Å². The summed E-state index contributed by atoms with van der Waals surface area (Å²) in [6.07, 6.45) is 0. The highest BCUT2D eigenvalue weighted by atomic mass is 32.2. The summed E-state index contributed by atoms with van der Waals surface area (Å²) in [6, 6.07) is 17.6. The number of carbonyl (C=O) groups is 1. The first-order valence-corrected chi connectivity index (χ1v) is 8.39. The van der Waals surface area contributed by atoms with Crippen LogP contribution in [0.25, 0.3) is 5.69 Å². The minimum atomic E-state index is -0.115. The van der Waals surface area contributed by atoms with Crippen molar-refractivity contribution in [1.82, 2.24) is 20.2 Å². The molecule has 0 fully saturated rings. The van der Waals surface area contributed by atoms with Crippen LogP contribution in [-0.2, 0) is 4.79 Å². The Morgan fingerprint density at radius 3 is 2.71 bits per heavy atom. The summed E-state index contributed by atoms with van der Waals surface area (Å²) in [5, 5.41) is 15.7. The summed E-state index contributed by atoms with van der Waals surface area (Å²) >= 11 is 1.58. The van der Waals surface area contributed by atoms with Gasteiger partial charge < -0.3 is 5.32 Å². The monoisotopic (exact) mass is 339 g/mol. The van der Waals surface area contributed by atoms with Crippen molar-refractivity contribution in [1.29, 1.82) is 0 Å². The quantitative estimate of drug-likeness (QED) is 0.721. The number of anilines is 1. The molecule has 0 aliphatic heterocycles. The fraction of sp³-hybridized carbons (Fsp3) is 0.176. The highest BCUT2D eigenvalue weighted by Gasteiger charge is 2.15. The van der Waals surface area contributed by atoms with E-state index in [1.165, 1.54) is 12.5 Å². The summed E-state index contributed by atoms with van der Waals surface area (Å²) < 4.78 is 1.68. The number of nitrogens with one attached hydrogen (secondary N) is 1. The van der Waals surface area contributed by atoms with Crippen LogP contribution in [0.2, 0.25) is 0 Å². The van der Waals surface area contributed by atoms with Crippen LogP contribution in [0, 0.1) is 0 Å². The molecule has 0 saturated heterocycles. The number of nitrogens with zero attached hydrogens (tertiary/aromatic N) is 4. The van der Waals surface area contributed by atoms with E-state index in [0.29, 0.717) is 10.8 Å². The third-order valence-corrected chi connectivity index (χ3v) is 4.49. The van der Waals surface area contributed by atoms with Gasteiger partial charge in [-0.2, -0.15) is 4.68 Å². The lowest BCUT2D eigenvalue weighted by Gasteiger charge is -2.11. The largest absolute Gasteiger partial charge is 0.326 e. The Morgan fingerprint density at radius 2 is 1.96 bits per heavy atom. The van der Waals surface area contributed by atoms with E-state index >= 15 is 0 Å². The highest BCUT2D eigenvalue weighted by Crippen LogP contribution is 2.34. The molecule has 1 heterocycles. The van der Waals surface area contributed by atoms with Gasteiger partial charge in [-0.05, 0) is 41.1 Å². The van der Waals surface area contributed by atoms with E-state index in [4.69, 9.17) is 0 Å². The van der Waals surface area contributed by atoms with Crippen molar-refractivity contribution in [2.75, 3.05) is 5.32 Å². The number of hydrogen-bond donors (Lipinski definition) is 1. The lowest BCUT2D eigenvalue weighted by molar-refractivity contribution is -0.114. The number of carbonyl (C=O) groups excluding carboxylic acids is 1. The van der Waals surface area contributed by atoms with Gasteiger partial charge in [-0.1, -0.05) is 48.2 Å². The van der Waals surface area contributed by atoms with E-state index in [2.05, 4.69) is 39.9 Å². The number of aromatic nitrogens is 4. The van der Waals surface area contributed by atoms with Gasteiger partial charge in [0.05, 0.1) is 5.69 Å². The van der Waals surface area contributed by atoms with Gasteiger partial charge in [0.15, 0.2) is 0 Å². The van der Waals surface area contributed by atoms with Crippen LogP contribution in [0.5, 0.6) is 0 Å². The Balaban J connectivity index is 1.84. The van der Waals surface area contributed by atoms with E-state index in [-0.39, 0.29) is 11.2 Å². The molecule has 6 nitrogen and oxygen atoms in total. The maximum absolute atomic E-state index is 11.2. The molecular weight excluding hydrogens is 322 g/mol. The molecule has 0 radical (unpaired) electrons. The topological polar surface area (TPSA) is 72.7 Å². The first kappa shape index (κ1) is 16.2. The number of benzene rings is 2. The minimum Gasteiger partial charge on any atom is -0.326 e. The predicted molar refractivity (Wildman–Crippen MR) is 94.2 cm³/mol. The van der Waals surface area contributed by atoms with Crippen LogP contribution >= 0.6 is 11.8 Å². The van der Waals surface area contributed by atoms with Crippen molar-refractivity contribution in [3.8, 4) is 5.69 Å². The van der Waals surface area contributed by atoms with E-state index in [1.54, 1.807) is 16.4 Å². The second kappa shape index (κ2) is 7.27. The SMILES string of the molecule is CC(=O)Nc1cccc(-n2nnnc2S[C@H](C)c2ccccc2)c1. The first-order chi connectivity index (χ1) is 11.6. The van der Waals surface area contributed by atoms with Crippen molar-refractivity contribution < 1.29 is 4.79 Å². The summed E-state index contributed by atoms with van der Waals surface area (Å²) in [5.41, 5.74) is 2.72. The number of tetrazole rings is 1. The molecule has 1 aromatic heterocycles. The highest BCUT2D eigenvalue weighted by molar-refractivity contribution is 7.99. The van der Waals surface area contributed by atoms with E-state index in [1.807, 2.05) is 42.5 Å². The van der Waals surface area contributed by atoms with Gasteiger partial charge in [0, 0.05) is 17.9 Å². The van der Waals surface area contributed by atoms with Crippen LogP contribution in [0.3, 0.4) is 0 Å². The van der Waals surface area contributed by atoms with E-state index < -0.39 is 0 Å². The Labute approximate surface area is 144 Å². The summed E-state index contributed by atoms with van der Waals surface area (Å²) in [5.74, 6) is -0.115. The minimum absolute atomic E-state index is 0.115. The molecule has 1 atom stereocenters. The average molecular weight is 339 g/mol. The van der Waals surface area contributed by atoms with Crippen molar-refractivity contribution in [2.24, 2.45) is 0 Å². The molecule has 3 aromatic rings. The number of hydrogen-bond acceptors (Lipinski definition) is 5. The summed E-state index contributed by atoms with van der Waals surface area (Å²) in [6.45, 7) is 3.60. The van der Waals surface area contributed by atoms with Gasteiger partial charge in [0.25, 0.3) is 0 Å². The van der Waals surface area contributed by atoms with E-state index in [0.717, 1.165) is 5.69 Å². The summed E-state index contributed by atoms with van der Waals surface area (Å²) in [4.78, 5) is 11.2. The second-order valence-electron chi connectivity index (χ2n) is 5.28. The molecule has 0 unspecified atom stereocenters. The van der Waals surface area contributed by atoms with Gasteiger partial charge in [-0.3, -0.25) is 4.79 Å². The molecule has 122 valence electrons. The maximum Gasteiger partial charge on any atom is 0.221 e. The van der Waals surface area contributed by atoms with Crippen LogP contribution in [-0.4, -0.2) is 26.1 Å². The molecule has 0 saturated carbocycles. The average Bonchev–Trinajstić information content (AvgIpc) is 3.03. The maximum atomic E-state index is 11.2. The number of thioether (sulfide) groups is 1. The molecular formula is C17H17N5OS. The number of amides is 1. The normalized spacial score (nSPS) is 11.9. The van der Waals surface area contributed by atoms with Gasteiger partial charge in [-0.15, -0.1) is 5.10 Å². The van der Waals surface area contributed by atoms with E-state index in [9.17, 15) is 4.79 Å². The standard InChI is InChI=1S/C17H17N5OS/c1-12(14-7-4-3-5-8-14)24-17-19-20-21-22(17)16-10-6-9-15(11-16)18-13(2)23/h3-12H,1-2H3,(H,18,23)/t12-/m1/s1. The molecule has 3 rings (SSSR count). The Bertz CT molecular complexity index is 834. The van der Waals surface area contributed by atoms with Gasteiger partial charge in [0.2, 0.25) is 11.1 Å². The Hall–Kier alpha value is -2.67. The molecule has 0 spiro atoms.